The molecular weight excluding hydrogens is 654 g/mol. The van der Waals surface area contributed by atoms with Crippen molar-refractivity contribution in [2.45, 2.75) is 125 Å². The SMILES string of the molecule is CC(F)(F)COC(=O)C12CC3CC(CC(OCC(=O)OC45CC6CC(O)(CC(O)(C6)C4)C5)(C3)C1)C2.O=C(C[S+]1CCCC1)c1ccccc1. The van der Waals surface area contributed by atoms with Crippen LogP contribution >= 0.6 is 0 Å². The van der Waals surface area contributed by atoms with Gasteiger partial charge in [0.2, 0.25) is 5.78 Å². The van der Waals surface area contributed by atoms with Gasteiger partial charge in [-0.15, -0.1) is 0 Å². The summed E-state index contributed by atoms with van der Waals surface area (Å²) < 4.78 is 43.8. The number of carbonyl (C=O) groups excluding carboxylic acids is 3. The summed E-state index contributed by atoms with van der Waals surface area (Å²) >= 11 is 0. The fourth-order valence-electron chi connectivity index (χ4n) is 11.5. The zero-order chi connectivity index (χ0) is 34.7. The smallest absolute Gasteiger partial charge is 0.332 e. The summed E-state index contributed by atoms with van der Waals surface area (Å²) in [4.78, 5) is 37.7. The third-order valence-electron chi connectivity index (χ3n) is 12.2. The minimum atomic E-state index is -3.08. The van der Waals surface area contributed by atoms with Crippen molar-refractivity contribution in [2.24, 2.45) is 23.2 Å². The quantitative estimate of drug-likeness (QED) is 0.185. The Morgan fingerprint density at radius 1 is 0.837 bits per heavy atom. The average Bonchev–Trinajstić information content (AvgIpc) is 3.50. The highest BCUT2D eigenvalue weighted by molar-refractivity contribution is 7.97. The van der Waals surface area contributed by atoms with Crippen molar-refractivity contribution in [3.8, 4) is 0 Å². The van der Waals surface area contributed by atoms with E-state index in [-0.39, 0.29) is 24.4 Å². The van der Waals surface area contributed by atoms with Gasteiger partial charge in [-0.05, 0) is 99.3 Å². The largest absolute Gasteiger partial charge is 0.459 e. The van der Waals surface area contributed by atoms with Crippen molar-refractivity contribution < 1.29 is 47.6 Å². The number of rotatable bonds is 10. The van der Waals surface area contributed by atoms with Gasteiger partial charge in [-0.3, -0.25) is 9.59 Å². The van der Waals surface area contributed by atoms with E-state index in [9.17, 15) is 33.4 Å². The number of hydrogen-bond acceptors (Lipinski definition) is 8. The summed E-state index contributed by atoms with van der Waals surface area (Å²) in [6, 6.07) is 9.66. The Morgan fingerprint density at radius 2 is 1.45 bits per heavy atom. The number of carbonyl (C=O) groups is 3. The Morgan fingerprint density at radius 3 is 2.04 bits per heavy atom. The highest BCUT2D eigenvalue weighted by Gasteiger charge is 2.65. The van der Waals surface area contributed by atoms with Gasteiger partial charge in [-0.2, -0.15) is 0 Å². The minimum Gasteiger partial charge on any atom is -0.459 e. The molecule has 0 aromatic heterocycles. The summed E-state index contributed by atoms with van der Waals surface area (Å²) in [6.45, 7) is -0.455. The fraction of sp³-hybridized carbons (Fsp3) is 0.763. The first-order valence-electron chi connectivity index (χ1n) is 18.1. The first-order chi connectivity index (χ1) is 23.1. The molecule has 1 aliphatic heterocycles. The number of aliphatic hydroxyl groups is 2. The minimum absolute atomic E-state index is 0.138. The average molecular weight is 706 g/mol. The van der Waals surface area contributed by atoms with E-state index in [1.54, 1.807) is 0 Å². The molecule has 1 aromatic rings. The van der Waals surface area contributed by atoms with Gasteiger partial charge in [-0.1, -0.05) is 30.3 Å². The lowest BCUT2D eigenvalue weighted by Crippen LogP contribution is -2.67. The summed E-state index contributed by atoms with van der Waals surface area (Å²) in [5.74, 6) is 0.127. The van der Waals surface area contributed by atoms with Crippen LogP contribution in [0.5, 0.6) is 0 Å². The lowest BCUT2D eigenvalue weighted by Gasteiger charge is -2.62. The van der Waals surface area contributed by atoms with E-state index in [1.807, 2.05) is 30.3 Å². The number of alkyl halides is 2. The van der Waals surface area contributed by atoms with Gasteiger partial charge < -0.3 is 24.4 Å². The Bertz CT molecular complexity index is 1390. The van der Waals surface area contributed by atoms with Crippen molar-refractivity contribution in [3.63, 3.8) is 0 Å². The van der Waals surface area contributed by atoms with E-state index in [0.717, 1.165) is 37.5 Å². The highest BCUT2D eigenvalue weighted by atomic mass is 32.2. The molecule has 0 spiro atoms. The Labute approximate surface area is 290 Å². The number of ether oxygens (including phenoxy) is 3. The van der Waals surface area contributed by atoms with Gasteiger partial charge >= 0.3 is 11.9 Å². The van der Waals surface area contributed by atoms with Crippen LogP contribution < -0.4 is 0 Å². The number of esters is 2. The predicted octanol–water partition coefficient (Wildman–Crippen LogP) is 5.56. The number of ketones is 1. The molecule has 10 rings (SSSR count). The lowest BCUT2D eigenvalue weighted by molar-refractivity contribution is -0.265. The molecule has 0 amide bonds. The summed E-state index contributed by atoms with van der Waals surface area (Å²) in [5.41, 5.74) is -3.44. The van der Waals surface area contributed by atoms with Crippen LogP contribution in [0.1, 0.15) is 107 Å². The monoisotopic (exact) mass is 705 g/mol. The molecule has 4 unspecified atom stereocenters. The topological polar surface area (TPSA) is 119 Å². The van der Waals surface area contributed by atoms with Crippen LogP contribution in [0.2, 0.25) is 0 Å². The summed E-state index contributed by atoms with van der Waals surface area (Å²) in [6.07, 6.45) is 9.67. The summed E-state index contributed by atoms with van der Waals surface area (Å²) in [7, 11) is 0.393. The lowest BCUT2D eigenvalue weighted by atomic mass is 9.48. The maximum atomic E-state index is 13.3. The van der Waals surface area contributed by atoms with Gasteiger partial charge in [0.1, 0.15) is 23.7 Å². The van der Waals surface area contributed by atoms with Crippen LogP contribution in [-0.2, 0) is 34.7 Å². The Balaban J connectivity index is 0.000000226. The number of Topliss-reactive ketones (excluding diaryl/α,β-unsaturated/α-hetero) is 1. The third kappa shape index (κ3) is 7.75. The molecule has 8 bridgehead atoms. The zero-order valence-corrected chi connectivity index (χ0v) is 29.4. The molecule has 9 aliphatic rings. The van der Waals surface area contributed by atoms with E-state index in [2.05, 4.69) is 0 Å². The van der Waals surface area contributed by atoms with Crippen LogP contribution in [0, 0.1) is 23.2 Å². The van der Waals surface area contributed by atoms with Gasteiger partial charge in [0.05, 0.1) is 22.2 Å². The summed E-state index contributed by atoms with van der Waals surface area (Å²) in [5, 5.41) is 21.9. The van der Waals surface area contributed by atoms with Crippen LogP contribution in [0.25, 0.3) is 0 Å². The van der Waals surface area contributed by atoms with Crippen LogP contribution in [0.3, 0.4) is 0 Å². The molecular formula is C38H51F2O8S+. The van der Waals surface area contributed by atoms with Crippen molar-refractivity contribution >= 4 is 28.6 Å². The molecule has 1 aromatic carbocycles. The molecule has 4 atom stereocenters. The van der Waals surface area contributed by atoms with Gasteiger partial charge in [0.15, 0.2) is 12.4 Å². The van der Waals surface area contributed by atoms with Crippen LogP contribution in [-0.4, -0.2) is 86.7 Å². The van der Waals surface area contributed by atoms with Crippen molar-refractivity contribution in [1.82, 2.24) is 0 Å². The van der Waals surface area contributed by atoms with Crippen LogP contribution in [0.4, 0.5) is 8.78 Å². The zero-order valence-electron chi connectivity index (χ0n) is 28.6. The first kappa shape index (κ1) is 35.3. The van der Waals surface area contributed by atoms with E-state index in [0.29, 0.717) is 74.5 Å². The molecule has 270 valence electrons. The Kier molecular flexibility index (Phi) is 9.26. The molecule has 9 fully saturated rings. The second-order valence-electron chi connectivity index (χ2n) is 17.1. The normalized spacial score (nSPS) is 40.1. The van der Waals surface area contributed by atoms with Gasteiger partial charge in [-0.25, -0.2) is 13.6 Å². The number of benzene rings is 1. The fourth-order valence-corrected chi connectivity index (χ4v) is 13.8. The van der Waals surface area contributed by atoms with E-state index in [4.69, 9.17) is 14.2 Å². The Hall–Kier alpha value is -2.08. The van der Waals surface area contributed by atoms with Crippen molar-refractivity contribution in [2.75, 3.05) is 30.5 Å². The molecule has 11 heteroatoms. The van der Waals surface area contributed by atoms with Crippen molar-refractivity contribution in [3.05, 3.63) is 35.9 Å². The molecule has 1 heterocycles. The second kappa shape index (κ2) is 12.8. The molecule has 49 heavy (non-hydrogen) atoms. The van der Waals surface area contributed by atoms with Gasteiger partial charge in [0, 0.05) is 31.7 Å². The second-order valence-corrected chi connectivity index (χ2v) is 19.5. The van der Waals surface area contributed by atoms with Crippen molar-refractivity contribution in [1.29, 1.82) is 0 Å². The predicted molar refractivity (Wildman–Crippen MR) is 179 cm³/mol. The molecule has 0 radical (unpaired) electrons. The molecule has 1 saturated heterocycles. The number of halogens is 2. The van der Waals surface area contributed by atoms with E-state index in [1.165, 1.54) is 24.3 Å². The van der Waals surface area contributed by atoms with Crippen LogP contribution in [0.15, 0.2) is 30.3 Å². The number of hydrogen-bond donors (Lipinski definition) is 2. The first-order valence-corrected chi connectivity index (χ1v) is 19.9. The molecule has 8 nitrogen and oxygen atoms in total. The highest BCUT2D eigenvalue weighted by Crippen LogP contribution is 2.64. The molecule has 8 saturated carbocycles. The van der Waals surface area contributed by atoms with Gasteiger partial charge in [0.25, 0.3) is 5.92 Å². The molecule has 2 N–H and O–H groups in total. The maximum Gasteiger partial charge on any atom is 0.332 e. The maximum absolute atomic E-state index is 13.3. The third-order valence-corrected chi connectivity index (χ3v) is 14.6. The molecule has 8 aliphatic carbocycles. The standard InChI is InChI=1S/C26H36F2O7.C12H15OS/c1-21(27,28)15-33-20(30)22-3-16-2-17(4-22)8-25(7-16,11-22)34-10-19(29)35-26-9-18-5-23(31,13-26)12-24(32,6-18)14-26;13-12(10-14-8-4-5-9-14)11-6-2-1-3-7-11/h16-18,31-32H,2-15H2,1H3;1-3,6-7H,4-5,8-10H2/q;+1. The van der Waals surface area contributed by atoms with E-state index < -0.39 is 52.3 Å². The van der Waals surface area contributed by atoms with E-state index >= 15 is 0 Å².